The van der Waals surface area contributed by atoms with Crippen LogP contribution in [0.25, 0.3) is 16.7 Å². The van der Waals surface area contributed by atoms with E-state index in [1.165, 1.54) is 43.3 Å². The van der Waals surface area contributed by atoms with E-state index in [4.69, 9.17) is 10.7 Å². The Bertz CT molecular complexity index is 1050. The summed E-state index contributed by atoms with van der Waals surface area (Å²) in [5, 5.41) is 0. The van der Waals surface area contributed by atoms with Crippen LogP contribution in [0.3, 0.4) is 0 Å². The van der Waals surface area contributed by atoms with Gasteiger partial charge in [-0.1, -0.05) is 43.7 Å². The molecule has 1 heterocycles. The van der Waals surface area contributed by atoms with Crippen LogP contribution in [0.5, 0.6) is 0 Å². The number of fused-ring (bicyclic) bond motifs is 6. The van der Waals surface area contributed by atoms with Gasteiger partial charge in [-0.05, 0) is 80.2 Å². The number of rotatable bonds is 2. The van der Waals surface area contributed by atoms with Crippen molar-refractivity contribution in [2.75, 3.05) is 0 Å². The molecule has 2 fully saturated rings. The Morgan fingerprint density at radius 1 is 1.03 bits per heavy atom. The molecule has 0 saturated heterocycles. The van der Waals surface area contributed by atoms with Crippen molar-refractivity contribution >= 4 is 16.7 Å². The summed E-state index contributed by atoms with van der Waals surface area (Å²) in [6, 6.07) is 8.53. The fourth-order valence-corrected chi connectivity index (χ4v) is 7.81. The summed E-state index contributed by atoms with van der Waals surface area (Å²) in [7, 11) is 0. The van der Waals surface area contributed by atoms with Crippen molar-refractivity contribution in [1.82, 2.24) is 9.55 Å². The summed E-state index contributed by atoms with van der Waals surface area (Å²) >= 11 is 0. The largest absolute Gasteiger partial charge is 0.302 e. The average Bonchev–Trinajstić information content (AvgIpc) is 3.33. The molecule has 0 amide bonds. The van der Waals surface area contributed by atoms with Crippen LogP contribution in [-0.2, 0) is 4.84 Å². The van der Waals surface area contributed by atoms with Crippen LogP contribution < -0.4 is 5.90 Å². The third-order valence-corrected chi connectivity index (χ3v) is 9.50. The number of benzene rings is 1. The van der Waals surface area contributed by atoms with Gasteiger partial charge in [-0.15, -0.1) is 0 Å². The van der Waals surface area contributed by atoms with Gasteiger partial charge >= 0.3 is 0 Å². The van der Waals surface area contributed by atoms with E-state index in [9.17, 15) is 0 Å². The van der Waals surface area contributed by atoms with Crippen LogP contribution in [0, 0.1) is 28.6 Å². The lowest BCUT2D eigenvalue weighted by molar-refractivity contribution is -0.0398. The highest BCUT2D eigenvalue weighted by atomic mass is 16.6. The molecule has 30 heavy (non-hydrogen) atoms. The summed E-state index contributed by atoms with van der Waals surface area (Å²) in [6.45, 7) is 5.07. The van der Waals surface area contributed by atoms with Crippen LogP contribution in [0.15, 0.2) is 48.3 Å². The van der Waals surface area contributed by atoms with Gasteiger partial charge in [0.1, 0.15) is 6.33 Å². The summed E-state index contributed by atoms with van der Waals surface area (Å²) in [5.41, 5.74) is 6.02. The van der Waals surface area contributed by atoms with Crippen LogP contribution in [-0.4, -0.2) is 15.7 Å². The summed E-state index contributed by atoms with van der Waals surface area (Å²) in [6.07, 6.45) is 15.7. The third-order valence-electron chi connectivity index (χ3n) is 9.50. The predicted octanol–water partition coefficient (Wildman–Crippen LogP) is 5.71. The van der Waals surface area contributed by atoms with E-state index in [1.807, 2.05) is 6.33 Å². The van der Waals surface area contributed by atoms with Gasteiger partial charge in [0, 0.05) is 11.1 Å². The first-order valence-corrected chi connectivity index (χ1v) is 11.7. The zero-order chi connectivity index (χ0) is 20.5. The predicted molar refractivity (Wildman–Crippen MR) is 120 cm³/mol. The van der Waals surface area contributed by atoms with Crippen molar-refractivity contribution in [3.63, 3.8) is 0 Å². The van der Waals surface area contributed by atoms with E-state index in [1.54, 1.807) is 5.57 Å². The zero-order valence-corrected chi connectivity index (χ0v) is 18.2. The van der Waals surface area contributed by atoms with Crippen LogP contribution in [0.2, 0.25) is 0 Å². The molecule has 1 aromatic heterocycles. The molecule has 0 spiro atoms. The smallest absolute Gasteiger partial charge is 0.100 e. The number of nitrogens with zero attached hydrogens (tertiary/aromatic N) is 2. The Morgan fingerprint density at radius 3 is 2.73 bits per heavy atom. The van der Waals surface area contributed by atoms with Crippen molar-refractivity contribution in [1.29, 1.82) is 0 Å². The van der Waals surface area contributed by atoms with Crippen molar-refractivity contribution in [3.8, 4) is 0 Å². The molecule has 1 aromatic carbocycles. The number of aromatic nitrogens is 2. The molecule has 4 aliphatic carbocycles. The summed E-state index contributed by atoms with van der Waals surface area (Å²) in [4.78, 5) is 9.92. The number of nitrogens with two attached hydrogens (primary N) is 1. The van der Waals surface area contributed by atoms with E-state index in [0.29, 0.717) is 5.41 Å². The highest BCUT2D eigenvalue weighted by molar-refractivity contribution is 5.80. The minimum absolute atomic E-state index is 0.212. The number of hydrogen-bond acceptors (Lipinski definition) is 3. The molecule has 0 radical (unpaired) electrons. The number of hydrogen-bond donors (Lipinski definition) is 1. The van der Waals surface area contributed by atoms with Crippen LogP contribution in [0.1, 0.15) is 58.8 Å². The molecule has 2 aromatic rings. The number of imidazole rings is 1. The molecule has 4 aliphatic rings. The standard InChI is InChI=1S/C26H33N3O/c1-25-13-11-18(30-27)15-17(25)7-8-19-20-9-10-24(26(20,2)14-12-21(19)25)29-16-28-22-5-3-4-6-23(22)29/h3-7,10,16,18-21H,8-9,11-15,27H2,1-2H3/t18-,19?,20?,21?,25-,26-/m0/s1. The van der Waals surface area contributed by atoms with Gasteiger partial charge in [0.15, 0.2) is 0 Å². The lowest BCUT2D eigenvalue weighted by Gasteiger charge is -2.57. The maximum absolute atomic E-state index is 5.55. The van der Waals surface area contributed by atoms with E-state index in [0.717, 1.165) is 36.1 Å². The topological polar surface area (TPSA) is 53.1 Å². The van der Waals surface area contributed by atoms with Gasteiger partial charge in [0.05, 0.1) is 17.1 Å². The fraction of sp³-hybridized carbons (Fsp3) is 0.577. The fourth-order valence-electron chi connectivity index (χ4n) is 7.81. The molecule has 6 rings (SSSR count). The van der Waals surface area contributed by atoms with Gasteiger partial charge in [-0.3, -0.25) is 0 Å². The Labute approximate surface area is 179 Å². The van der Waals surface area contributed by atoms with Gasteiger partial charge in [0.25, 0.3) is 0 Å². The van der Waals surface area contributed by atoms with Crippen molar-refractivity contribution in [2.24, 2.45) is 34.5 Å². The molecule has 158 valence electrons. The van der Waals surface area contributed by atoms with E-state index in [-0.39, 0.29) is 11.5 Å². The minimum Gasteiger partial charge on any atom is -0.302 e. The SMILES string of the molecule is C[C@]12CC[C@H](ON)CC1=CCC1C2CC[C@]2(C)C(n3cnc4ccccc43)=CCC12. The van der Waals surface area contributed by atoms with Gasteiger partial charge in [-0.25, -0.2) is 10.9 Å². The maximum atomic E-state index is 5.55. The van der Waals surface area contributed by atoms with Gasteiger partial charge < -0.3 is 9.40 Å². The molecule has 0 aliphatic heterocycles. The highest BCUT2D eigenvalue weighted by Crippen LogP contribution is 2.65. The van der Waals surface area contributed by atoms with Gasteiger partial charge in [-0.2, -0.15) is 0 Å². The first-order chi connectivity index (χ1) is 14.5. The molecular formula is C26H33N3O. The molecule has 0 bridgehead atoms. The van der Waals surface area contributed by atoms with E-state index < -0.39 is 0 Å². The van der Waals surface area contributed by atoms with Crippen molar-refractivity contribution < 1.29 is 4.84 Å². The quantitative estimate of drug-likeness (QED) is 0.516. The van der Waals surface area contributed by atoms with Gasteiger partial charge in [0.2, 0.25) is 0 Å². The number of para-hydroxylation sites is 2. The lowest BCUT2D eigenvalue weighted by Crippen LogP contribution is -2.50. The summed E-state index contributed by atoms with van der Waals surface area (Å²) in [5.74, 6) is 7.84. The van der Waals surface area contributed by atoms with E-state index in [2.05, 4.69) is 59.8 Å². The maximum Gasteiger partial charge on any atom is 0.100 e. The Balaban J connectivity index is 1.34. The Morgan fingerprint density at radius 2 is 1.87 bits per heavy atom. The zero-order valence-electron chi connectivity index (χ0n) is 18.2. The number of allylic oxidation sites excluding steroid dienone is 3. The molecular weight excluding hydrogens is 370 g/mol. The van der Waals surface area contributed by atoms with Crippen LogP contribution in [0.4, 0.5) is 0 Å². The second-order valence-electron chi connectivity index (χ2n) is 10.6. The first-order valence-electron chi connectivity index (χ1n) is 11.7. The molecule has 2 saturated carbocycles. The molecule has 2 N–H and O–H groups in total. The van der Waals surface area contributed by atoms with Crippen molar-refractivity contribution in [2.45, 2.75) is 64.9 Å². The normalized spacial score (nSPS) is 40.4. The van der Waals surface area contributed by atoms with Crippen LogP contribution >= 0.6 is 0 Å². The van der Waals surface area contributed by atoms with Crippen molar-refractivity contribution in [3.05, 3.63) is 48.3 Å². The first kappa shape index (κ1) is 18.8. The molecule has 4 heteroatoms. The molecule has 3 unspecified atom stereocenters. The Hall–Kier alpha value is -1.91. The summed E-state index contributed by atoms with van der Waals surface area (Å²) < 4.78 is 2.38. The third kappa shape index (κ3) is 2.44. The Kier molecular flexibility index (Phi) is 4.11. The second-order valence-corrected chi connectivity index (χ2v) is 10.6. The molecule has 4 nitrogen and oxygen atoms in total. The van der Waals surface area contributed by atoms with E-state index >= 15 is 0 Å². The lowest BCUT2D eigenvalue weighted by atomic mass is 9.48. The monoisotopic (exact) mass is 403 g/mol. The minimum atomic E-state index is 0.212. The second kappa shape index (κ2) is 6.54. The molecule has 6 atom stereocenters. The average molecular weight is 404 g/mol. The highest BCUT2D eigenvalue weighted by Gasteiger charge is 2.57.